The number of hydrogen-bond donors (Lipinski definition) is 2. The van der Waals surface area contributed by atoms with Crippen molar-refractivity contribution < 1.29 is 0 Å². The third-order valence-electron chi connectivity index (χ3n) is 2.22. The minimum absolute atomic E-state index is 0.860. The molecule has 0 saturated heterocycles. The molecule has 0 amide bonds. The third-order valence-corrected chi connectivity index (χ3v) is 3.67. The highest BCUT2D eigenvalue weighted by Gasteiger charge is 2.07. The molecule has 2 rings (SSSR count). The first-order chi connectivity index (χ1) is 6.24. The number of benzene rings is 1. The van der Waals surface area contributed by atoms with E-state index in [2.05, 4.69) is 31.0 Å². The van der Waals surface area contributed by atoms with Crippen molar-refractivity contribution in [1.82, 2.24) is 0 Å². The second kappa shape index (κ2) is 3.24. The Morgan fingerprint density at radius 3 is 3.00 bits per heavy atom. The van der Waals surface area contributed by atoms with Crippen molar-refractivity contribution in [3.05, 3.63) is 23.1 Å². The first-order valence-corrected chi connectivity index (χ1v) is 5.54. The van der Waals surface area contributed by atoms with E-state index >= 15 is 0 Å². The quantitative estimate of drug-likeness (QED) is 0.547. The van der Waals surface area contributed by atoms with Crippen LogP contribution in [0.25, 0.3) is 10.1 Å². The second-order valence-electron chi connectivity index (χ2n) is 2.98. The number of hydrogen-bond acceptors (Lipinski definition) is 3. The van der Waals surface area contributed by atoms with Crippen molar-refractivity contribution >= 4 is 39.7 Å². The van der Waals surface area contributed by atoms with Crippen LogP contribution in [0.1, 0.15) is 12.5 Å². The maximum absolute atomic E-state index is 5.91. The molecule has 0 aliphatic carbocycles. The van der Waals surface area contributed by atoms with Crippen molar-refractivity contribution in [2.75, 3.05) is 5.73 Å². The van der Waals surface area contributed by atoms with Crippen LogP contribution in [-0.4, -0.2) is 0 Å². The van der Waals surface area contributed by atoms with E-state index in [0.29, 0.717) is 0 Å². The predicted octanol–water partition coefficient (Wildman–Crippen LogP) is 3.33. The highest BCUT2D eigenvalue weighted by atomic mass is 32.1. The van der Waals surface area contributed by atoms with Gasteiger partial charge in [0, 0.05) is 15.3 Å². The molecule has 0 saturated carbocycles. The normalized spacial score (nSPS) is 10.9. The monoisotopic (exact) mass is 209 g/mol. The molecule has 13 heavy (non-hydrogen) atoms. The van der Waals surface area contributed by atoms with Crippen LogP contribution in [0.4, 0.5) is 5.69 Å². The summed E-state index contributed by atoms with van der Waals surface area (Å²) in [4.78, 5) is 0.986. The molecule has 0 aliphatic heterocycles. The van der Waals surface area contributed by atoms with Gasteiger partial charge in [0.25, 0.3) is 0 Å². The van der Waals surface area contributed by atoms with Crippen molar-refractivity contribution in [2.24, 2.45) is 0 Å². The fourth-order valence-electron chi connectivity index (χ4n) is 1.60. The van der Waals surface area contributed by atoms with Gasteiger partial charge in [-0.25, -0.2) is 0 Å². The molecule has 1 nitrogen and oxygen atoms in total. The van der Waals surface area contributed by atoms with Crippen molar-refractivity contribution in [2.45, 2.75) is 18.2 Å². The lowest BCUT2D eigenvalue weighted by molar-refractivity contribution is 1.16. The molecule has 1 aromatic carbocycles. The van der Waals surface area contributed by atoms with Gasteiger partial charge in [-0.2, -0.15) is 0 Å². The minimum Gasteiger partial charge on any atom is -0.398 e. The molecule has 0 spiro atoms. The van der Waals surface area contributed by atoms with E-state index in [1.54, 1.807) is 11.3 Å². The second-order valence-corrected chi connectivity index (χ2v) is 4.38. The van der Waals surface area contributed by atoms with Crippen LogP contribution in [0.2, 0.25) is 0 Å². The van der Waals surface area contributed by atoms with Crippen molar-refractivity contribution in [1.29, 1.82) is 0 Å². The summed E-state index contributed by atoms with van der Waals surface area (Å²) < 4.78 is 1.24. The lowest BCUT2D eigenvalue weighted by Gasteiger charge is -2.06. The standard InChI is InChI=1S/C10H11NS2/c1-2-6-7-3-4-13-10(7)9(12)5-8(6)11/h3-5,12H,2,11H2,1H3. The van der Waals surface area contributed by atoms with Gasteiger partial charge in [-0.15, -0.1) is 24.0 Å². The highest BCUT2D eigenvalue weighted by molar-refractivity contribution is 7.80. The Morgan fingerprint density at radius 2 is 2.31 bits per heavy atom. The van der Waals surface area contributed by atoms with E-state index < -0.39 is 0 Å². The molecule has 0 fully saturated rings. The number of nitrogen functional groups attached to an aromatic ring is 1. The number of fused-ring (bicyclic) bond motifs is 1. The fraction of sp³-hybridized carbons (Fsp3) is 0.200. The summed E-state index contributed by atoms with van der Waals surface area (Å²) in [5, 5.41) is 3.35. The molecule has 2 N–H and O–H groups in total. The van der Waals surface area contributed by atoms with Crippen LogP contribution >= 0.6 is 24.0 Å². The Bertz CT molecular complexity index is 445. The van der Waals surface area contributed by atoms with Crippen LogP contribution in [0.15, 0.2) is 22.4 Å². The fourth-order valence-corrected chi connectivity index (χ4v) is 2.85. The molecule has 1 heterocycles. The molecular formula is C10H11NS2. The van der Waals surface area contributed by atoms with Gasteiger partial charge in [-0.3, -0.25) is 0 Å². The first-order valence-electron chi connectivity index (χ1n) is 4.21. The third kappa shape index (κ3) is 1.32. The summed E-state index contributed by atoms with van der Waals surface area (Å²) in [5.74, 6) is 0. The van der Waals surface area contributed by atoms with E-state index in [1.165, 1.54) is 15.6 Å². The summed E-state index contributed by atoms with van der Waals surface area (Å²) in [5.41, 5.74) is 8.02. The van der Waals surface area contributed by atoms with E-state index in [-0.39, 0.29) is 0 Å². The van der Waals surface area contributed by atoms with Crippen LogP contribution in [0, 0.1) is 0 Å². The predicted molar refractivity (Wildman–Crippen MR) is 62.9 cm³/mol. The zero-order valence-electron chi connectivity index (χ0n) is 7.37. The number of thiol groups is 1. The Labute approximate surface area is 87.0 Å². The molecular weight excluding hydrogens is 198 g/mol. The molecule has 0 unspecified atom stereocenters. The summed E-state index contributed by atoms with van der Waals surface area (Å²) in [7, 11) is 0. The molecule has 3 heteroatoms. The van der Waals surface area contributed by atoms with Gasteiger partial charge >= 0.3 is 0 Å². The average molecular weight is 209 g/mol. The van der Waals surface area contributed by atoms with Gasteiger partial charge in [-0.05, 0) is 34.9 Å². The van der Waals surface area contributed by atoms with Gasteiger partial charge < -0.3 is 5.73 Å². The maximum atomic E-state index is 5.91. The molecule has 0 aliphatic rings. The number of thiophene rings is 1. The molecule has 0 radical (unpaired) electrons. The number of rotatable bonds is 1. The Hall–Kier alpha value is -0.670. The SMILES string of the molecule is CCc1c(N)cc(S)c2sccc12. The number of nitrogens with two attached hydrogens (primary N) is 1. The maximum Gasteiger partial charge on any atom is 0.0480 e. The van der Waals surface area contributed by atoms with E-state index in [1.807, 2.05) is 6.07 Å². The van der Waals surface area contributed by atoms with Gasteiger partial charge in [0.2, 0.25) is 0 Å². The number of aryl methyl sites for hydroxylation is 1. The Kier molecular flexibility index (Phi) is 2.22. The van der Waals surface area contributed by atoms with Crippen molar-refractivity contribution in [3.63, 3.8) is 0 Å². The van der Waals surface area contributed by atoms with Gasteiger partial charge in [0.15, 0.2) is 0 Å². The van der Waals surface area contributed by atoms with Gasteiger partial charge in [0.1, 0.15) is 0 Å². The average Bonchev–Trinajstić information content (AvgIpc) is 2.53. The molecule has 1 aromatic heterocycles. The lowest BCUT2D eigenvalue weighted by Crippen LogP contribution is -1.93. The van der Waals surface area contributed by atoms with Gasteiger partial charge in [-0.1, -0.05) is 6.92 Å². The van der Waals surface area contributed by atoms with Crippen molar-refractivity contribution in [3.8, 4) is 0 Å². The largest absolute Gasteiger partial charge is 0.398 e. The molecule has 0 atom stereocenters. The Balaban J connectivity index is 2.88. The van der Waals surface area contributed by atoms with E-state index in [0.717, 1.165) is 17.0 Å². The summed E-state index contributed by atoms with van der Waals surface area (Å²) in [6.45, 7) is 2.13. The van der Waals surface area contributed by atoms with Crippen LogP contribution < -0.4 is 5.73 Å². The molecule has 0 bridgehead atoms. The zero-order valence-corrected chi connectivity index (χ0v) is 9.08. The van der Waals surface area contributed by atoms with Crippen LogP contribution in [0.5, 0.6) is 0 Å². The smallest absolute Gasteiger partial charge is 0.0480 e. The molecule has 68 valence electrons. The first kappa shape index (κ1) is 8.91. The highest BCUT2D eigenvalue weighted by Crippen LogP contribution is 2.34. The summed E-state index contributed by atoms with van der Waals surface area (Å²) in [6, 6.07) is 4.07. The summed E-state index contributed by atoms with van der Waals surface area (Å²) in [6.07, 6.45) is 0.979. The topological polar surface area (TPSA) is 26.0 Å². The van der Waals surface area contributed by atoms with Gasteiger partial charge in [0.05, 0.1) is 0 Å². The van der Waals surface area contributed by atoms with Crippen LogP contribution in [-0.2, 0) is 6.42 Å². The molecule has 2 aromatic rings. The number of anilines is 1. The summed E-state index contributed by atoms with van der Waals surface area (Å²) >= 11 is 6.12. The van der Waals surface area contributed by atoms with E-state index in [4.69, 9.17) is 5.73 Å². The van der Waals surface area contributed by atoms with Crippen LogP contribution in [0.3, 0.4) is 0 Å². The Morgan fingerprint density at radius 1 is 1.54 bits per heavy atom. The van der Waals surface area contributed by atoms with E-state index in [9.17, 15) is 0 Å². The minimum atomic E-state index is 0.860. The lowest BCUT2D eigenvalue weighted by atomic mass is 10.1. The zero-order chi connectivity index (χ0) is 9.42.